The SMILES string of the molecule is CCOc1ncc(-c2ccc(C3=Nc4cc(C)ccc4OC3)cc2)c(OC)n1. The molecule has 142 valence electrons. The van der Waals surface area contributed by atoms with E-state index >= 15 is 0 Å². The van der Waals surface area contributed by atoms with Gasteiger partial charge >= 0.3 is 6.01 Å². The van der Waals surface area contributed by atoms with Crippen LogP contribution in [0.3, 0.4) is 0 Å². The minimum atomic E-state index is 0.308. The molecule has 0 spiro atoms. The molecule has 0 N–H and O–H groups in total. The van der Waals surface area contributed by atoms with Gasteiger partial charge in [-0.15, -0.1) is 0 Å². The Labute approximate surface area is 163 Å². The maximum atomic E-state index is 5.85. The van der Waals surface area contributed by atoms with Gasteiger partial charge in [0.15, 0.2) is 0 Å². The normalized spacial score (nSPS) is 12.6. The zero-order chi connectivity index (χ0) is 19.5. The first-order chi connectivity index (χ1) is 13.7. The van der Waals surface area contributed by atoms with Gasteiger partial charge in [-0.2, -0.15) is 4.98 Å². The summed E-state index contributed by atoms with van der Waals surface area (Å²) in [6.45, 7) is 4.89. The molecule has 0 aliphatic carbocycles. The van der Waals surface area contributed by atoms with Crippen LogP contribution in [0.15, 0.2) is 53.7 Å². The lowest BCUT2D eigenvalue weighted by Crippen LogP contribution is -2.16. The number of fused-ring (bicyclic) bond motifs is 1. The van der Waals surface area contributed by atoms with Crippen molar-refractivity contribution >= 4 is 11.4 Å². The van der Waals surface area contributed by atoms with Gasteiger partial charge in [-0.3, -0.25) is 0 Å². The summed E-state index contributed by atoms with van der Waals surface area (Å²) >= 11 is 0. The van der Waals surface area contributed by atoms with Crippen LogP contribution in [0.25, 0.3) is 11.1 Å². The highest BCUT2D eigenvalue weighted by Crippen LogP contribution is 2.33. The molecule has 0 bridgehead atoms. The highest BCUT2D eigenvalue weighted by atomic mass is 16.5. The van der Waals surface area contributed by atoms with Gasteiger partial charge in [0.05, 0.1) is 25.0 Å². The molecule has 0 unspecified atom stereocenters. The van der Waals surface area contributed by atoms with Crippen LogP contribution in [0.1, 0.15) is 18.1 Å². The third-order valence-electron chi connectivity index (χ3n) is 4.46. The molecule has 0 saturated heterocycles. The van der Waals surface area contributed by atoms with Crippen LogP contribution in [-0.4, -0.2) is 36.0 Å². The van der Waals surface area contributed by atoms with Crippen molar-refractivity contribution in [1.82, 2.24) is 9.97 Å². The molecule has 0 amide bonds. The lowest BCUT2D eigenvalue weighted by atomic mass is 10.0. The predicted molar refractivity (Wildman–Crippen MR) is 108 cm³/mol. The van der Waals surface area contributed by atoms with Crippen molar-refractivity contribution in [2.75, 3.05) is 20.3 Å². The number of ether oxygens (including phenoxy) is 3. The minimum Gasteiger partial charge on any atom is -0.485 e. The number of hydrogen-bond donors (Lipinski definition) is 0. The monoisotopic (exact) mass is 375 g/mol. The maximum absolute atomic E-state index is 5.85. The first-order valence-corrected chi connectivity index (χ1v) is 9.13. The number of aliphatic imine (C=N–C) groups is 1. The average Bonchev–Trinajstić information content (AvgIpc) is 2.73. The largest absolute Gasteiger partial charge is 0.485 e. The molecule has 0 saturated carbocycles. The van der Waals surface area contributed by atoms with Crippen LogP contribution in [-0.2, 0) is 0 Å². The van der Waals surface area contributed by atoms with Crippen LogP contribution >= 0.6 is 0 Å². The lowest BCUT2D eigenvalue weighted by molar-refractivity contribution is 0.303. The number of nitrogens with zero attached hydrogens (tertiary/aromatic N) is 3. The standard InChI is InChI=1S/C22H21N3O3/c1-4-27-22-23-12-17(21(25-22)26-3)15-6-8-16(9-7-15)19-13-28-20-10-5-14(2)11-18(20)24-19/h5-12H,4,13H2,1-3H3. The zero-order valence-corrected chi connectivity index (χ0v) is 16.1. The molecule has 2 heterocycles. The Hall–Kier alpha value is -3.41. The van der Waals surface area contributed by atoms with E-state index in [0.29, 0.717) is 25.1 Å². The van der Waals surface area contributed by atoms with E-state index in [1.54, 1.807) is 13.3 Å². The molecule has 0 radical (unpaired) electrons. The minimum absolute atomic E-state index is 0.308. The van der Waals surface area contributed by atoms with Crippen molar-refractivity contribution in [3.63, 3.8) is 0 Å². The van der Waals surface area contributed by atoms with E-state index in [-0.39, 0.29) is 0 Å². The van der Waals surface area contributed by atoms with E-state index in [2.05, 4.69) is 9.97 Å². The quantitative estimate of drug-likeness (QED) is 0.662. The van der Waals surface area contributed by atoms with E-state index < -0.39 is 0 Å². The molecular weight excluding hydrogens is 354 g/mol. The summed E-state index contributed by atoms with van der Waals surface area (Å²) in [7, 11) is 1.59. The first kappa shape index (κ1) is 18.0. The summed E-state index contributed by atoms with van der Waals surface area (Å²) in [5.41, 5.74) is 5.70. The predicted octanol–water partition coefficient (Wildman–Crippen LogP) is 4.37. The van der Waals surface area contributed by atoms with E-state index in [1.807, 2.05) is 56.3 Å². The van der Waals surface area contributed by atoms with Crippen LogP contribution in [0.5, 0.6) is 17.6 Å². The number of methoxy groups -OCH3 is 1. The average molecular weight is 375 g/mol. The Morgan fingerprint density at radius 1 is 1.07 bits per heavy atom. The highest BCUT2D eigenvalue weighted by Gasteiger charge is 2.16. The molecule has 6 nitrogen and oxygen atoms in total. The molecule has 4 rings (SSSR count). The van der Waals surface area contributed by atoms with Crippen molar-refractivity contribution in [3.8, 4) is 28.8 Å². The summed E-state index contributed by atoms with van der Waals surface area (Å²) in [4.78, 5) is 13.3. The van der Waals surface area contributed by atoms with Crippen LogP contribution < -0.4 is 14.2 Å². The molecule has 6 heteroatoms. The lowest BCUT2D eigenvalue weighted by Gasteiger charge is -2.18. The summed E-state index contributed by atoms with van der Waals surface area (Å²) in [5.74, 6) is 1.30. The second-order valence-corrected chi connectivity index (χ2v) is 6.40. The molecule has 2 aromatic carbocycles. The molecular formula is C22H21N3O3. The highest BCUT2D eigenvalue weighted by molar-refractivity contribution is 6.04. The molecule has 28 heavy (non-hydrogen) atoms. The summed E-state index contributed by atoms with van der Waals surface area (Å²) < 4.78 is 16.6. The fraction of sp³-hybridized carbons (Fsp3) is 0.227. The molecule has 3 aromatic rings. The van der Waals surface area contributed by atoms with E-state index in [9.17, 15) is 0 Å². The summed E-state index contributed by atoms with van der Waals surface area (Å²) in [6.07, 6.45) is 1.71. The smallest absolute Gasteiger partial charge is 0.319 e. The van der Waals surface area contributed by atoms with Gasteiger partial charge in [0.2, 0.25) is 5.88 Å². The molecule has 1 aliphatic heterocycles. The number of aromatic nitrogens is 2. The number of rotatable bonds is 5. The van der Waals surface area contributed by atoms with Gasteiger partial charge < -0.3 is 14.2 Å². The Morgan fingerprint density at radius 2 is 1.86 bits per heavy atom. The van der Waals surface area contributed by atoms with Crippen LogP contribution in [0, 0.1) is 6.92 Å². The van der Waals surface area contributed by atoms with Crippen molar-refractivity contribution in [2.45, 2.75) is 13.8 Å². The Kier molecular flexibility index (Phi) is 4.93. The Balaban J connectivity index is 1.63. The van der Waals surface area contributed by atoms with Gasteiger partial charge in [0, 0.05) is 6.20 Å². The molecule has 1 aromatic heterocycles. The third kappa shape index (κ3) is 3.53. The fourth-order valence-electron chi connectivity index (χ4n) is 3.05. The second kappa shape index (κ2) is 7.68. The third-order valence-corrected chi connectivity index (χ3v) is 4.46. The number of benzene rings is 2. The molecule has 0 fully saturated rings. The van der Waals surface area contributed by atoms with Crippen molar-refractivity contribution in [3.05, 3.63) is 59.8 Å². The Bertz CT molecular complexity index is 1030. The van der Waals surface area contributed by atoms with Crippen molar-refractivity contribution < 1.29 is 14.2 Å². The molecule has 1 aliphatic rings. The van der Waals surface area contributed by atoms with Crippen molar-refractivity contribution in [1.29, 1.82) is 0 Å². The van der Waals surface area contributed by atoms with E-state index in [1.165, 1.54) is 0 Å². The fourth-order valence-corrected chi connectivity index (χ4v) is 3.05. The molecule has 0 atom stereocenters. The maximum Gasteiger partial charge on any atom is 0.319 e. The Morgan fingerprint density at radius 3 is 2.61 bits per heavy atom. The van der Waals surface area contributed by atoms with Crippen LogP contribution in [0.4, 0.5) is 5.69 Å². The van der Waals surface area contributed by atoms with Gasteiger partial charge in [0.25, 0.3) is 0 Å². The summed E-state index contributed by atoms with van der Waals surface area (Å²) in [6, 6.07) is 14.4. The summed E-state index contributed by atoms with van der Waals surface area (Å²) in [5, 5.41) is 0. The van der Waals surface area contributed by atoms with E-state index in [4.69, 9.17) is 19.2 Å². The number of aryl methyl sites for hydroxylation is 1. The second-order valence-electron chi connectivity index (χ2n) is 6.40. The topological polar surface area (TPSA) is 65.8 Å². The van der Waals surface area contributed by atoms with Gasteiger partial charge in [-0.25, -0.2) is 9.98 Å². The van der Waals surface area contributed by atoms with E-state index in [0.717, 1.165) is 39.4 Å². The van der Waals surface area contributed by atoms with Crippen molar-refractivity contribution in [2.24, 2.45) is 4.99 Å². The zero-order valence-electron chi connectivity index (χ0n) is 16.1. The van der Waals surface area contributed by atoms with Gasteiger partial charge in [0.1, 0.15) is 18.0 Å². The van der Waals surface area contributed by atoms with Gasteiger partial charge in [-0.1, -0.05) is 30.3 Å². The first-order valence-electron chi connectivity index (χ1n) is 9.13. The van der Waals surface area contributed by atoms with Gasteiger partial charge in [-0.05, 0) is 42.7 Å². The van der Waals surface area contributed by atoms with Crippen LogP contribution in [0.2, 0.25) is 0 Å². The number of hydrogen-bond acceptors (Lipinski definition) is 6.